The molecule has 0 saturated heterocycles. The third-order valence-electron chi connectivity index (χ3n) is 3.09. The first-order valence-corrected chi connectivity index (χ1v) is 7.15. The number of aromatic nitrogens is 2. The van der Waals surface area contributed by atoms with Gasteiger partial charge in [0.25, 0.3) is 0 Å². The predicted molar refractivity (Wildman–Crippen MR) is 84.5 cm³/mol. The molecule has 0 aliphatic rings. The van der Waals surface area contributed by atoms with Crippen molar-refractivity contribution < 1.29 is 14.0 Å². The molecule has 3 N–H and O–H groups in total. The zero-order chi connectivity index (χ0) is 16.8. The van der Waals surface area contributed by atoms with Crippen LogP contribution in [0.15, 0.2) is 36.7 Å². The number of aryl methyl sites for hydroxylation is 1. The summed E-state index contributed by atoms with van der Waals surface area (Å²) in [5.41, 5.74) is 0.673. The number of nitrogens with one attached hydrogen (secondary N) is 3. The first-order chi connectivity index (χ1) is 11.0. The number of benzene rings is 1. The number of amides is 3. The molecule has 0 aliphatic heterocycles. The Morgan fingerprint density at radius 3 is 2.74 bits per heavy atom. The summed E-state index contributed by atoms with van der Waals surface area (Å²) in [5.74, 6) is -1.11. The molecule has 1 atom stereocenters. The zero-order valence-corrected chi connectivity index (χ0v) is 12.8. The maximum atomic E-state index is 13.4. The largest absolute Gasteiger partial charge is 0.371 e. The highest BCUT2D eigenvalue weighted by molar-refractivity contribution is 6.03. The third-order valence-corrected chi connectivity index (χ3v) is 3.09. The van der Waals surface area contributed by atoms with Crippen molar-refractivity contribution in [2.75, 3.05) is 10.6 Å². The lowest BCUT2D eigenvalue weighted by Gasteiger charge is -2.13. The van der Waals surface area contributed by atoms with Gasteiger partial charge in [-0.25, -0.2) is 9.18 Å². The molecule has 0 aliphatic carbocycles. The molecular formula is C15H18FN5O2. The van der Waals surface area contributed by atoms with Crippen LogP contribution in [0.2, 0.25) is 0 Å². The number of hydrogen-bond donors (Lipinski definition) is 3. The van der Waals surface area contributed by atoms with Crippen molar-refractivity contribution in [3.8, 4) is 0 Å². The fourth-order valence-electron chi connectivity index (χ4n) is 1.86. The number of anilines is 2. The van der Waals surface area contributed by atoms with Crippen LogP contribution >= 0.6 is 0 Å². The summed E-state index contributed by atoms with van der Waals surface area (Å²) in [5, 5.41) is 11.4. The van der Waals surface area contributed by atoms with Gasteiger partial charge in [-0.2, -0.15) is 5.10 Å². The van der Waals surface area contributed by atoms with E-state index >= 15 is 0 Å². The summed E-state index contributed by atoms with van der Waals surface area (Å²) in [6, 6.07) is 4.25. The minimum absolute atomic E-state index is 0.00244. The second kappa shape index (κ2) is 7.39. The molecule has 3 amide bonds. The van der Waals surface area contributed by atoms with Crippen molar-refractivity contribution in [2.24, 2.45) is 0 Å². The summed E-state index contributed by atoms with van der Waals surface area (Å²) >= 11 is 0. The molecular weight excluding hydrogens is 301 g/mol. The van der Waals surface area contributed by atoms with Gasteiger partial charge in [-0.15, -0.1) is 0 Å². The van der Waals surface area contributed by atoms with Gasteiger partial charge < -0.3 is 10.6 Å². The second-order valence-electron chi connectivity index (χ2n) is 4.87. The van der Waals surface area contributed by atoms with E-state index in [2.05, 4.69) is 21.0 Å². The van der Waals surface area contributed by atoms with Crippen LogP contribution in [0, 0.1) is 5.82 Å². The Kier molecular flexibility index (Phi) is 5.29. The summed E-state index contributed by atoms with van der Waals surface area (Å²) in [6.07, 6.45) is 3.34. The molecule has 2 rings (SSSR count). The molecule has 0 spiro atoms. The van der Waals surface area contributed by atoms with Gasteiger partial charge in [0.05, 0.1) is 17.6 Å². The summed E-state index contributed by atoms with van der Waals surface area (Å²) in [4.78, 5) is 23.7. The lowest BCUT2D eigenvalue weighted by Crippen LogP contribution is -2.43. The number of para-hydroxylation sites is 1. The van der Waals surface area contributed by atoms with E-state index in [1.807, 2.05) is 6.92 Å². The standard InChI is InChI=1S/C15H18FN5O2/c1-3-21-9-11(8-17-21)18-10(2)14(22)20-15(23)19-13-7-5-4-6-12(13)16/h4-10,18H,3H2,1-2H3,(H2,19,20,22,23)/t10-/m0/s1. The molecule has 122 valence electrons. The number of hydrogen-bond acceptors (Lipinski definition) is 4. The highest BCUT2D eigenvalue weighted by atomic mass is 19.1. The lowest BCUT2D eigenvalue weighted by molar-refractivity contribution is -0.120. The van der Waals surface area contributed by atoms with Gasteiger partial charge in [-0.1, -0.05) is 12.1 Å². The fourth-order valence-corrected chi connectivity index (χ4v) is 1.86. The van der Waals surface area contributed by atoms with Crippen molar-refractivity contribution in [3.05, 3.63) is 42.5 Å². The van der Waals surface area contributed by atoms with Crippen LogP contribution in [-0.2, 0) is 11.3 Å². The topological polar surface area (TPSA) is 88.0 Å². The van der Waals surface area contributed by atoms with Gasteiger partial charge in [-0.3, -0.25) is 14.8 Å². The van der Waals surface area contributed by atoms with E-state index in [1.54, 1.807) is 30.1 Å². The Bertz CT molecular complexity index is 701. The van der Waals surface area contributed by atoms with Crippen LogP contribution in [-0.4, -0.2) is 27.8 Å². The molecule has 0 fully saturated rings. The maximum Gasteiger partial charge on any atom is 0.326 e. The van der Waals surface area contributed by atoms with E-state index in [9.17, 15) is 14.0 Å². The smallest absolute Gasteiger partial charge is 0.326 e. The number of carbonyl (C=O) groups is 2. The van der Waals surface area contributed by atoms with Crippen molar-refractivity contribution in [3.63, 3.8) is 0 Å². The fraction of sp³-hybridized carbons (Fsp3) is 0.267. The second-order valence-corrected chi connectivity index (χ2v) is 4.87. The highest BCUT2D eigenvalue weighted by Crippen LogP contribution is 2.12. The average molecular weight is 319 g/mol. The molecule has 1 aromatic carbocycles. The van der Waals surface area contributed by atoms with Gasteiger partial charge in [0.1, 0.15) is 11.9 Å². The molecule has 0 saturated carbocycles. The van der Waals surface area contributed by atoms with Crippen LogP contribution in [0.4, 0.5) is 20.6 Å². The Morgan fingerprint density at radius 1 is 1.35 bits per heavy atom. The van der Waals surface area contributed by atoms with E-state index < -0.39 is 23.8 Å². The molecule has 7 nitrogen and oxygen atoms in total. The molecule has 2 aromatic rings. The molecule has 0 radical (unpaired) electrons. The first-order valence-electron chi connectivity index (χ1n) is 7.15. The Balaban J connectivity index is 1.87. The van der Waals surface area contributed by atoms with E-state index in [4.69, 9.17) is 0 Å². The summed E-state index contributed by atoms with van der Waals surface area (Å²) < 4.78 is 15.1. The van der Waals surface area contributed by atoms with Gasteiger partial charge >= 0.3 is 6.03 Å². The van der Waals surface area contributed by atoms with Crippen LogP contribution < -0.4 is 16.0 Å². The number of rotatable bonds is 5. The van der Waals surface area contributed by atoms with Crippen LogP contribution in [0.25, 0.3) is 0 Å². The van der Waals surface area contributed by atoms with Crippen LogP contribution in [0.5, 0.6) is 0 Å². The third kappa shape index (κ3) is 4.53. The van der Waals surface area contributed by atoms with Crippen molar-refractivity contribution in [1.82, 2.24) is 15.1 Å². The monoisotopic (exact) mass is 319 g/mol. The average Bonchev–Trinajstić information content (AvgIpc) is 2.97. The van der Waals surface area contributed by atoms with Gasteiger partial charge in [0, 0.05) is 12.7 Å². The first kappa shape index (κ1) is 16.5. The number of carbonyl (C=O) groups excluding carboxylic acids is 2. The van der Waals surface area contributed by atoms with Crippen molar-refractivity contribution in [2.45, 2.75) is 26.4 Å². The zero-order valence-electron chi connectivity index (χ0n) is 12.8. The summed E-state index contributed by atoms with van der Waals surface area (Å²) in [6.45, 7) is 4.27. The lowest BCUT2D eigenvalue weighted by atomic mass is 10.3. The van der Waals surface area contributed by atoms with Crippen LogP contribution in [0.3, 0.4) is 0 Å². The van der Waals surface area contributed by atoms with Gasteiger partial charge in [-0.05, 0) is 26.0 Å². The molecule has 23 heavy (non-hydrogen) atoms. The SMILES string of the molecule is CCn1cc(N[C@@H](C)C(=O)NC(=O)Nc2ccccc2F)cn1. The maximum absolute atomic E-state index is 13.4. The van der Waals surface area contributed by atoms with E-state index in [0.717, 1.165) is 0 Å². The Hall–Kier alpha value is -2.90. The number of halogens is 1. The van der Waals surface area contributed by atoms with Gasteiger partial charge in [0.2, 0.25) is 5.91 Å². The van der Waals surface area contributed by atoms with E-state index in [0.29, 0.717) is 12.2 Å². The molecule has 0 bridgehead atoms. The molecule has 1 heterocycles. The Labute approximate surface area is 132 Å². The Morgan fingerprint density at radius 2 is 2.09 bits per heavy atom. The molecule has 1 aromatic heterocycles. The van der Waals surface area contributed by atoms with Crippen molar-refractivity contribution in [1.29, 1.82) is 0 Å². The highest BCUT2D eigenvalue weighted by Gasteiger charge is 2.17. The minimum Gasteiger partial charge on any atom is -0.371 e. The van der Waals surface area contributed by atoms with E-state index in [1.165, 1.54) is 18.2 Å². The molecule has 8 heteroatoms. The normalized spacial score (nSPS) is 11.6. The van der Waals surface area contributed by atoms with E-state index in [-0.39, 0.29) is 5.69 Å². The number of urea groups is 1. The minimum atomic E-state index is -0.794. The molecule has 0 unspecified atom stereocenters. The van der Waals surface area contributed by atoms with Gasteiger partial charge in [0.15, 0.2) is 0 Å². The van der Waals surface area contributed by atoms with Crippen molar-refractivity contribution >= 4 is 23.3 Å². The van der Waals surface area contributed by atoms with Crippen LogP contribution in [0.1, 0.15) is 13.8 Å². The predicted octanol–water partition coefficient (Wildman–Crippen LogP) is 2.19. The number of imide groups is 1. The summed E-state index contributed by atoms with van der Waals surface area (Å²) in [7, 11) is 0. The quantitative estimate of drug-likeness (QED) is 0.788. The number of nitrogens with zero attached hydrogens (tertiary/aromatic N) is 2.